The van der Waals surface area contributed by atoms with Gasteiger partial charge in [0.2, 0.25) is 11.8 Å². The Morgan fingerprint density at radius 1 is 1.15 bits per heavy atom. The fraction of sp³-hybridized carbons (Fsp3) is 0.400. The molecule has 20 heavy (non-hydrogen) atoms. The molecule has 5 nitrogen and oxygen atoms in total. The topological polar surface area (TPSA) is 57.7 Å². The van der Waals surface area contributed by atoms with Gasteiger partial charge in [-0.25, -0.2) is 0 Å². The Morgan fingerprint density at radius 2 is 1.70 bits per heavy atom. The van der Waals surface area contributed by atoms with Crippen molar-refractivity contribution in [2.45, 2.75) is 26.3 Å². The molecule has 1 aromatic carbocycles. The smallest absolute Gasteiger partial charge is 0.253 e. The average molecular weight is 274 g/mol. The van der Waals surface area contributed by atoms with E-state index in [2.05, 4.69) is 0 Å². The van der Waals surface area contributed by atoms with Crippen LogP contribution < -0.4 is 0 Å². The molecule has 0 saturated carbocycles. The summed E-state index contributed by atoms with van der Waals surface area (Å²) >= 11 is 0. The number of amides is 3. The van der Waals surface area contributed by atoms with Crippen molar-refractivity contribution in [2.75, 3.05) is 13.6 Å². The Morgan fingerprint density at radius 3 is 2.20 bits per heavy atom. The first kappa shape index (κ1) is 14.2. The van der Waals surface area contributed by atoms with Gasteiger partial charge in [0, 0.05) is 32.0 Å². The van der Waals surface area contributed by atoms with Crippen molar-refractivity contribution in [3.05, 3.63) is 35.4 Å². The molecule has 1 aliphatic heterocycles. The summed E-state index contributed by atoms with van der Waals surface area (Å²) in [5.74, 6) is -0.283. The molecule has 0 aliphatic carbocycles. The molecule has 0 bridgehead atoms. The third-order valence-corrected chi connectivity index (χ3v) is 3.52. The van der Waals surface area contributed by atoms with Gasteiger partial charge in [-0.1, -0.05) is 12.1 Å². The van der Waals surface area contributed by atoms with Crippen LogP contribution in [0.1, 0.15) is 35.7 Å². The Kier molecular flexibility index (Phi) is 4.17. The maximum Gasteiger partial charge on any atom is 0.253 e. The van der Waals surface area contributed by atoms with E-state index in [-0.39, 0.29) is 24.3 Å². The Hall–Kier alpha value is -2.17. The van der Waals surface area contributed by atoms with Crippen LogP contribution in [0.3, 0.4) is 0 Å². The van der Waals surface area contributed by atoms with Gasteiger partial charge in [-0.05, 0) is 24.6 Å². The van der Waals surface area contributed by atoms with Crippen molar-refractivity contribution >= 4 is 17.7 Å². The largest absolute Gasteiger partial charge is 0.342 e. The molecule has 0 atom stereocenters. The lowest BCUT2D eigenvalue weighted by molar-refractivity contribution is -0.139. The molecule has 0 spiro atoms. The van der Waals surface area contributed by atoms with E-state index in [4.69, 9.17) is 0 Å². The van der Waals surface area contributed by atoms with Gasteiger partial charge in [0.15, 0.2) is 0 Å². The highest BCUT2D eigenvalue weighted by Gasteiger charge is 2.28. The molecule has 1 aliphatic rings. The van der Waals surface area contributed by atoms with Crippen LogP contribution in [0, 0.1) is 0 Å². The molecule has 0 N–H and O–H groups in total. The first-order valence-electron chi connectivity index (χ1n) is 6.70. The van der Waals surface area contributed by atoms with Crippen LogP contribution >= 0.6 is 0 Å². The summed E-state index contributed by atoms with van der Waals surface area (Å²) in [6.07, 6.45) is 0.605. The minimum atomic E-state index is -0.124. The second-order valence-electron chi connectivity index (χ2n) is 4.89. The van der Waals surface area contributed by atoms with E-state index in [9.17, 15) is 14.4 Å². The van der Waals surface area contributed by atoms with Gasteiger partial charge in [0.1, 0.15) is 0 Å². The number of rotatable bonds is 4. The van der Waals surface area contributed by atoms with Crippen molar-refractivity contribution < 1.29 is 14.4 Å². The molecule has 3 amide bonds. The summed E-state index contributed by atoms with van der Waals surface area (Å²) < 4.78 is 0. The molecule has 1 heterocycles. The molecule has 0 radical (unpaired) electrons. The summed E-state index contributed by atoms with van der Waals surface area (Å²) in [6, 6.07) is 7.04. The lowest BCUT2D eigenvalue weighted by atomic mass is 10.1. The lowest BCUT2D eigenvalue weighted by Crippen LogP contribution is -2.28. The normalized spacial score (nSPS) is 14.8. The van der Waals surface area contributed by atoms with E-state index in [1.807, 2.05) is 6.92 Å². The summed E-state index contributed by atoms with van der Waals surface area (Å²) in [7, 11) is 1.75. The third-order valence-electron chi connectivity index (χ3n) is 3.52. The van der Waals surface area contributed by atoms with E-state index in [0.29, 0.717) is 24.9 Å². The fourth-order valence-electron chi connectivity index (χ4n) is 2.10. The number of imide groups is 1. The van der Waals surface area contributed by atoms with E-state index in [1.165, 1.54) is 4.90 Å². The van der Waals surface area contributed by atoms with Gasteiger partial charge in [0.05, 0.1) is 6.54 Å². The van der Waals surface area contributed by atoms with Crippen molar-refractivity contribution in [1.82, 2.24) is 9.80 Å². The van der Waals surface area contributed by atoms with Gasteiger partial charge in [-0.3, -0.25) is 19.3 Å². The summed E-state index contributed by atoms with van der Waals surface area (Å²) in [4.78, 5) is 37.9. The van der Waals surface area contributed by atoms with Crippen LogP contribution in [-0.2, 0) is 16.1 Å². The first-order valence-corrected chi connectivity index (χ1v) is 6.70. The Labute approximate surface area is 118 Å². The van der Waals surface area contributed by atoms with E-state index in [0.717, 1.165) is 5.56 Å². The predicted molar refractivity (Wildman–Crippen MR) is 73.9 cm³/mol. The number of hydrogen-bond acceptors (Lipinski definition) is 3. The minimum absolute atomic E-state index is 0.0348. The summed E-state index contributed by atoms with van der Waals surface area (Å²) in [6.45, 7) is 2.85. The molecule has 0 unspecified atom stereocenters. The van der Waals surface area contributed by atoms with Crippen molar-refractivity contribution in [3.8, 4) is 0 Å². The number of nitrogens with zero attached hydrogens (tertiary/aromatic N) is 2. The van der Waals surface area contributed by atoms with Gasteiger partial charge >= 0.3 is 0 Å². The van der Waals surface area contributed by atoms with Gasteiger partial charge in [-0.2, -0.15) is 0 Å². The monoisotopic (exact) mass is 274 g/mol. The minimum Gasteiger partial charge on any atom is -0.342 e. The fourth-order valence-corrected chi connectivity index (χ4v) is 2.10. The van der Waals surface area contributed by atoms with Crippen LogP contribution in [0.4, 0.5) is 0 Å². The van der Waals surface area contributed by atoms with Crippen LogP contribution in [0.25, 0.3) is 0 Å². The Balaban J connectivity index is 2.07. The number of hydrogen-bond donors (Lipinski definition) is 0. The first-order chi connectivity index (χ1) is 9.52. The zero-order valence-electron chi connectivity index (χ0n) is 11.8. The Bertz CT molecular complexity index is 521. The van der Waals surface area contributed by atoms with Gasteiger partial charge < -0.3 is 4.90 Å². The molecule has 1 aromatic rings. The van der Waals surface area contributed by atoms with Crippen LogP contribution in [-0.4, -0.2) is 41.1 Å². The van der Waals surface area contributed by atoms with Crippen LogP contribution in [0.15, 0.2) is 24.3 Å². The van der Waals surface area contributed by atoms with Crippen molar-refractivity contribution in [3.63, 3.8) is 0 Å². The third kappa shape index (κ3) is 2.87. The van der Waals surface area contributed by atoms with Crippen molar-refractivity contribution in [1.29, 1.82) is 0 Å². The summed E-state index contributed by atoms with van der Waals surface area (Å²) in [5, 5.41) is 0. The van der Waals surface area contributed by atoms with E-state index < -0.39 is 0 Å². The van der Waals surface area contributed by atoms with Gasteiger partial charge in [-0.15, -0.1) is 0 Å². The number of carbonyl (C=O) groups is 3. The van der Waals surface area contributed by atoms with Crippen LogP contribution in [0.5, 0.6) is 0 Å². The zero-order chi connectivity index (χ0) is 14.7. The quantitative estimate of drug-likeness (QED) is 0.780. The highest BCUT2D eigenvalue weighted by Crippen LogP contribution is 2.16. The van der Waals surface area contributed by atoms with Gasteiger partial charge in [0.25, 0.3) is 5.91 Å². The highest BCUT2D eigenvalue weighted by atomic mass is 16.2. The summed E-state index contributed by atoms with van der Waals surface area (Å²) in [5.41, 5.74) is 1.46. The second-order valence-corrected chi connectivity index (χ2v) is 4.89. The SMILES string of the molecule is CCN(C)C(=O)c1ccc(CN2C(=O)CCC2=O)cc1. The standard InChI is InChI=1S/C15H18N2O3/c1-3-16(2)15(20)12-6-4-11(5-7-12)10-17-13(18)8-9-14(17)19/h4-7H,3,8-10H2,1-2H3. The van der Waals surface area contributed by atoms with Crippen molar-refractivity contribution in [2.24, 2.45) is 0 Å². The molecular formula is C15H18N2O3. The second kappa shape index (κ2) is 5.86. The average Bonchev–Trinajstić information content (AvgIpc) is 2.78. The molecule has 1 fully saturated rings. The molecular weight excluding hydrogens is 256 g/mol. The molecule has 0 aromatic heterocycles. The molecule has 5 heteroatoms. The highest BCUT2D eigenvalue weighted by molar-refractivity contribution is 6.01. The molecule has 1 saturated heterocycles. The van der Waals surface area contributed by atoms with E-state index >= 15 is 0 Å². The number of benzene rings is 1. The lowest BCUT2D eigenvalue weighted by Gasteiger charge is -2.16. The zero-order valence-corrected chi connectivity index (χ0v) is 11.8. The maximum atomic E-state index is 11.9. The van der Waals surface area contributed by atoms with E-state index in [1.54, 1.807) is 36.2 Å². The number of carbonyl (C=O) groups excluding carboxylic acids is 3. The van der Waals surface area contributed by atoms with Crippen LogP contribution in [0.2, 0.25) is 0 Å². The maximum absolute atomic E-state index is 11.9. The predicted octanol–water partition coefficient (Wildman–Crippen LogP) is 1.43. The molecule has 2 rings (SSSR count). The molecule has 106 valence electrons. The number of likely N-dealkylation sites (tertiary alicyclic amines) is 1.